The van der Waals surface area contributed by atoms with Crippen LogP contribution < -0.4 is 9.47 Å². The smallest absolute Gasteiger partial charge is 0.318 e. The summed E-state index contributed by atoms with van der Waals surface area (Å²) in [7, 11) is 1.55. The highest BCUT2D eigenvalue weighted by Gasteiger charge is 2.07. The summed E-state index contributed by atoms with van der Waals surface area (Å²) in [5.74, 6) is 0.324. The van der Waals surface area contributed by atoms with Crippen molar-refractivity contribution in [1.82, 2.24) is 0 Å². The molecule has 0 spiro atoms. The van der Waals surface area contributed by atoms with Gasteiger partial charge in [-0.05, 0) is 31.2 Å². The van der Waals surface area contributed by atoms with Crippen molar-refractivity contribution in [2.45, 2.75) is 13.3 Å². The van der Waals surface area contributed by atoms with Crippen molar-refractivity contribution < 1.29 is 19.1 Å². The topological polar surface area (TPSA) is 52.6 Å². The number of carbonyl (C=O) groups is 2. The molecule has 1 aromatic rings. The van der Waals surface area contributed by atoms with E-state index in [2.05, 4.69) is 0 Å². The largest absolute Gasteiger partial charge is 0.497 e. The zero-order chi connectivity index (χ0) is 11.3. The van der Waals surface area contributed by atoms with Crippen LogP contribution in [0.25, 0.3) is 0 Å². The monoisotopic (exact) mass is 208 g/mol. The van der Waals surface area contributed by atoms with Crippen molar-refractivity contribution in [3.8, 4) is 11.5 Å². The van der Waals surface area contributed by atoms with Gasteiger partial charge in [-0.1, -0.05) is 0 Å². The SMILES string of the molecule is COc1ccc(OC(=O)CC(C)=O)cc1. The van der Waals surface area contributed by atoms with Crippen molar-refractivity contribution in [3.05, 3.63) is 24.3 Å². The molecule has 0 aliphatic heterocycles. The molecule has 15 heavy (non-hydrogen) atoms. The molecule has 0 aliphatic rings. The van der Waals surface area contributed by atoms with Gasteiger partial charge in [0.15, 0.2) is 0 Å². The Kier molecular flexibility index (Phi) is 3.85. The lowest BCUT2D eigenvalue weighted by atomic mass is 10.3. The first-order valence-electron chi connectivity index (χ1n) is 4.46. The number of benzene rings is 1. The lowest BCUT2D eigenvalue weighted by Gasteiger charge is -2.03. The molecule has 0 saturated heterocycles. The molecule has 0 amide bonds. The Morgan fingerprint density at radius 1 is 1.13 bits per heavy atom. The van der Waals surface area contributed by atoms with Crippen LogP contribution in [0, 0.1) is 0 Å². The number of ether oxygens (including phenoxy) is 2. The Bertz CT molecular complexity index is 353. The highest BCUT2D eigenvalue weighted by molar-refractivity contribution is 5.94. The Morgan fingerprint density at radius 3 is 2.13 bits per heavy atom. The first-order valence-corrected chi connectivity index (χ1v) is 4.46. The Morgan fingerprint density at radius 2 is 1.67 bits per heavy atom. The fraction of sp³-hybridized carbons (Fsp3) is 0.273. The second kappa shape index (κ2) is 5.14. The Hall–Kier alpha value is -1.84. The van der Waals surface area contributed by atoms with Crippen LogP contribution in [-0.2, 0) is 9.59 Å². The molecule has 1 rings (SSSR count). The summed E-state index contributed by atoms with van der Waals surface area (Å²) in [6, 6.07) is 6.57. The molecular weight excluding hydrogens is 196 g/mol. The third-order valence-corrected chi connectivity index (χ3v) is 1.68. The number of ketones is 1. The van der Waals surface area contributed by atoms with Crippen LogP contribution >= 0.6 is 0 Å². The normalized spacial score (nSPS) is 9.47. The second-order valence-electron chi connectivity index (χ2n) is 3.03. The van der Waals surface area contributed by atoms with Crippen molar-refractivity contribution in [2.75, 3.05) is 7.11 Å². The average Bonchev–Trinajstić information content (AvgIpc) is 2.17. The minimum atomic E-state index is -0.548. The summed E-state index contributed by atoms with van der Waals surface area (Å²) in [4.78, 5) is 21.7. The van der Waals surface area contributed by atoms with Crippen LogP contribution in [0.1, 0.15) is 13.3 Å². The molecule has 0 aliphatic carbocycles. The zero-order valence-corrected chi connectivity index (χ0v) is 8.65. The highest BCUT2D eigenvalue weighted by atomic mass is 16.5. The van der Waals surface area contributed by atoms with Crippen molar-refractivity contribution in [1.29, 1.82) is 0 Å². The number of Topliss-reactive ketones (excluding diaryl/α,β-unsaturated/α-hetero) is 1. The van der Waals surface area contributed by atoms with E-state index in [0.717, 1.165) is 0 Å². The minimum Gasteiger partial charge on any atom is -0.497 e. The van der Waals surface area contributed by atoms with Gasteiger partial charge in [0.25, 0.3) is 0 Å². The second-order valence-corrected chi connectivity index (χ2v) is 3.03. The van der Waals surface area contributed by atoms with E-state index in [0.29, 0.717) is 11.5 Å². The van der Waals surface area contributed by atoms with Crippen molar-refractivity contribution in [3.63, 3.8) is 0 Å². The van der Waals surface area contributed by atoms with Crippen LogP contribution in [0.3, 0.4) is 0 Å². The van der Waals surface area contributed by atoms with Crippen molar-refractivity contribution in [2.24, 2.45) is 0 Å². The number of hydrogen-bond donors (Lipinski definition) is 0. The van der Waals surface area contributed by atoms with E-state index in [1.54, 1.807) is 31.4 Å². The average molecular weight is 208 g/mol. The first kappa shape index (κ1) is 11.2. The summed E-state index contributed by atoms with van der Waals surface area (Å²) in [6.45, 7) is 1.34. The maximum Gasteiger partial charge on any atom is 0.318 e. The number of rotatable bonds is 4. The summed E-state index contributed by atoms with van der Waals surface area (Å²) in [5.41, 5.74) is 0. The summed E-state index contributed by atoms with van der Waals surface area (Å²) >= 11 is 0. The third-order valence-electron chi connectivity index (χ3n) is 1.68. The highest BCUT2D eigenvalue weighted by Crippen LogP contribution is 2.17. The molecule has 0 N–H and O–H groups in total. The van der Waals surface area contributed by atoms with Crippen molar-refractivity contribution >= 4 is 11.8 Å². The minimum absolute atomic E-state index is 0.202. The van der Waals surface area contributed by atoms with Crippen LogP contribution in [-0.4, -0.2) is 18.9 Å². The zero-order valence-electron chi connectivity index (χ0n) is 8.65. The van der Waals surface area contributed by atoms with Gasteiger partial charge in [-0.3, -0.25) is 9.59 Å². The fourth-order valence-corrected chi connectivity index (χ4v) is 1.01. The van der Waals surface area contributed by atoms with Gasteiger partial charge >= 0.3 is 5.97 Å². The van der Waals surface area contributed by atoms with Crippen LogP contribution in [0.5, 0.6) is 11.5 Å². The van der Waals surface area contributed by atoms with Gasteiger partial charge in [0.2, 0.25) is 0 Å². The quantitative estimate of drug-likeness (QED) is 0.428. The van der Waals surface area contributed by atoms with Gasteiger partial charge < -0.3 is 9.47 Å². The van der Waals surface area contributed by atoms with E-state index in [-0.39, 0.29) is 12.2 Å². The van der Waals surface area contributed by atoms with Gasteiger partial charge in [-0.15, -0.1) is 0 Å². The predicted octanol–water partition coefficient (Wildman–Crippen LogP) is 1.58. The number of hydrogen-bond acceptors (Lipinski definition) is 4. The molecule has 4 nitrogen and oxygen atoms in total. The summed E-state index contributed by atoms with van der Waals surface area (Å²) in [6.07, 6.45) is -0.202. The van der Waals surface area contributed by atoms with Crippen LogP contribution in [0.2, 0.25) is 0 Å². The number of carbonyl (C=O) groups excluding carboxylic acids is 2. The van der Waals surface area contributed by atoms with E-state index in [4.69, 9.17) is 9.47 Å². The van der Waals surface area contributed by atoms with Gasteiger partial charge in [0.05, 0.1) is 7.11 Å². The number of esters is 1. The lowest BCUT2D eigenvalue weighted by molar-refractivity contribution is -0.137. The van der Waals surface area contributed by atoms with E-state index in [1.807, 2.05) is 0 Å². The summed E-state index contributed by atoms with van der Waals surface area (Å²) < 4.78 is 9.85. The Labute approximate surface area is 87.8 Å². The van der Waals surface area contributed by atoms with Gasteiger partial charge in [-0.2, -0.15) is 0 Å². The van der Waals surface area contributed by atoms with Gasteiger partial charge in [0.1, 0.15) is 23.7 Å². The standard InChI is InChI=1S/C11H12O4/c1-8(12)7-11(13)15-10-5-3-9(14-2)4-6-10/h3-6H,7H2,1-2H3. The molecule has 0 unspecified atom stereocenters. The molecule has 0 atom stereocenters. The molecule has 0 bridgehead atoms. The molecule has 0 radical (unpaired) electrons. The lowest BCUT2D eigenvalue weighted by Crippen LogP contribution is -2.11. The van der Waals surface area contributed by atoms with E-state index >= 15 is 0 Å². The van der Waals surface area contributed by atoms with E-state index in [9.17, 15) is 9.59 Å². The number of methoxy groups -OCH3 is 1. The first-order chi connectivity index (χ1) is 7.11. The van der Waals surface area contributed by atoms with E-state index in [1.165, 1.54) is 6.92 Å². The molecule has 80 valence electrons. The molecule has 0 saturated carbocycles. The van der Waals surface area contributed by atoms with Gasteiger partial charge in [0, 0.05) is 0 Å². The summed E-state index contributed by atoms with van der Waals surface area (Å²) in [5, 5.41) is 0. The predicted molar refractivity (Wildman–Crippen MR) is 53.9 cm³/mol. The molecule has 0 fully saturated rings. The van der Waals surface area contributed by atoms with E-state index < -0.39 is 5.97 Å². The molecular formula is C11H12O4. The third kappa shape index (κ3) is 3.81. The van der Waals surface area contributed by atoms with Crippen LogP contribution in [0.15, 0.2) is 24.3 Å². The maximum atomic E-state index is 11.1. The Balaban J connectivity index is 2.57. The fourth-order valence-electron chi connectivity index (χ4n) is 1.01. The molecule has 1 aromatic carbocycles. The maximum absolute atomic E-state index is 11.1. The molecule has 0 heterocycles. The molecule has 4 heteroatoms. The van der Waals surface area contributed by atoms with Gasteiger partial charge in [-0.25, -0.2) is 0 Å². The van der Waals surface area contributed by atoms with Crippen LogP contribution in [0.4, 0.5) is 0 Å². The molecule has 0 aromatic heterocycles.